The number of ether oxygens (including phenoxy) is 1. The zero-order valence-corrected chi connectivity index (χ0v) is 14.5. The summed E-state index contributed by atoms with van der Waals surface area (Å²) in [5.74, 6) is -0.889. The van der Waals surface area contributed by atoms with Gasteiger partial charge in [-0.05, 0) is 43.2 Å². The Balaban J connectivity index is 2.17. The van der Waals surface area contributed by atoms with Gasteiger partial charge in [-0.3, -0.25) is 0 Å². The molecule has 1 heterocycles. The molecule has 0 aliphatic carbocycles. The first-order chi connectivity index (χ1) is 11.6. The second-order valence-corrected chi connectivity index (χ2v) is 8.06. The van der Waals surface area contributed by atoms with Gasteiger partial charge in [0.05, 0.1) is 5.75 Å². The van der Waals surface area contributed by atoms with Crippen LogP contribution >= 0.6 is 0 Å². The van der Waals surface area contributed by atoms with Crippen LogP contribution in [0.5, 0.6) is 5.75 Å². The Kier molecular flexibility index (Phi) is 4.17. The van der Waals surface area contributed by atoms with Crippen molar-refractivity contribution in [3.8, 4) is 5.75 Å². The minimum atomic E-state index is -3.70. The first-order valence-electron chi connectivity index (χ1n) is 7.56. The number of sulfonamides is 1. The Hall–Kier alpha value is -2.25. The van der Waals surface area contributed by atoms with E-state index in [2.05, 4.69) is 0 Å². The summed E-state index contributed by atoms with van der Waals surface area (Å²) in [4.78, 5) is 0. The third kappa shape index (κ3) is 3.57. The fraction of sp³-hybridized carbons (Fsp3) is 0.222. The summed E-state index contributed by atoms with van der Waals surface area (Å²) in [6, 6.07) is 10.2. The van der Waals surface area contributed by atoms with Gasteiger partial charge in [0, 0.05) is 11.1 Å². The quantitative estimate of drug-likeness (QED) is 0.905. The van der Waals surface area contributed by atoms with Gasteiger partial charge in [0.2, 0.25) is 10.0 Å². The van der Waals surface area contributed by atoms with Crippen LogP contribution in [0.25, 0.3) is 5.57 Å². The van der Waals surface area contributed by atoms with Crippen molar-refractivity contribution in [1.82, 2.24) is 0 Å². The number of fused-ring (bicyclic) bond motifs is 1. The van der Waals surface area contributed by atoms with Gasteiger partial charge in [-0.25, -0.2) is 22.3 Å². The Morgan fingerprint density at radius 2 is 1.72 bits per heavy atom. The van der Waals surface area contributed by atoms with Crippen LogP contribution < -0.4 is 9.88 Å². The molecule has 132 valence electrons. The summed E-state index contributed by atoms with van der Waals surface area (Å²) in [5, 5.41) is 5.08. The van der Waals surface area contributed by atoms with Crippen LogP contribution in [0, 0.1) is 5.82 Å². The molecule has 0 unspecified atom stereocenters. The molecule has 1 aliphatic rings. The highest BCUT2D eigenvalue weighted by Crippen LogP contribution is 2.44. The van der Waals surface area contributed by atoms with Gasteiger partial charge in [-0.1, -0.05) is 24.3 Å². The summed E-state index contributed by atoms with van der Waals surface area (Å²) in [5.41, 5.74) is 0.486. The predicted molar refractivity (Wildman–Crippen MR) is 91.5 cm³/mol. The summed E-state index contributed by atoms with van der Waals surface area (Å²) >= 11 is 0. The highest BCUT2D eigenvalue weighted by Gasteiger charge is 2.36. The Morgan fingerprint density at radius 1 is 1.08 bits per heavy atom. The van der Waals surface area contributed by atoms with E-state index in [0.29, 0.717) is 28.0 Å². The molecule has 4 nitrogen and oxygen atoms in total. The van der Waals surface area contributed by atoms with Crippen molar-refractivity contribution in [1.29, 1.82) is 0 Å². The smallest absolute Gasteiger partial charge is 0.213 e. The molecular formula is C18H17F2NO3S. The molecule has 0 radical (unpaired) electrons. The van der Waals surface area contributed by atoms with E-state index in [9.17, 15) is 12.8 Å². The van der Waals surface area contributed by atoms with E-state index in [0.717, 1.165) is 0 Å². The minimum Gasteiger partial charge on any atom is -0.480 e. The van der Waals surface area contributed by atoms with Gasteiger partial charge in [0.15, 0.2) is 11.4 Å². The average Bonchev–Trinajstić information content (AvgIpc) is 2.48. The van der Waals surface area contributed by atoms with Crippen LogP contribution in [0.4, 0.5) is 8.78 Å². The Bertz CT molecular complexity index is 964. The fourth-order valence-corrected chi connectivity index (χ4v) is 3.46. The zero-order valence-electron chi connectivity index (χ0n) is 13.7. The lowest BCUT2D eigenvalue weighted by molar-refractivity contribution is 0.117. The second kappa shape index (κ2) is 5.93. The zero-order chi connectivity index (χ0) is 18.4. The molecule has 3 rings (SSSR count). The molecule has 0 saturated carbocycles. The maximum absolute atomic E-state index is 15.0. The molecule has 0 aromatic heterocycles. The normalized spacial score (nSPS) is 16.4. The number of benzene rings is 2. The summed E-state index contributed by atoms with van der Waals surface area (Å²) < 4.78 is 56.5. The van der Waals surface area contributed by atoms with Crippen molar-refractivity contribution < 1.29 is 21.9 Å². The average molecular weight is 365 g/mol. The lowest BCUT2D eigenvalue weighted by atomic mass is 9.88. The topological polar surface area (TPSA) is 69.4 Å². The van der Waals surface area contributed by atoms with E-state index < -0.39 is 27.3 Å². The van der Waals surface area contributed by atoms with E-state index >= 15 is 4.39 Å². The summed E-state index contributed by atoms with van der Waals surface area (Å²) in [6.45, 7) is 3.14. The lowest BCUT2D eigenvalue weighted by Gasteiger charge is -2.33. The number of hydrogen-bond donors (Lipinski definition) is 1. The van der Waals surface area contributed by atoms with Gasteiger partial charge in [0.1, 0.15) is 11.6 Å². The fourth-order valence-electron chi connectivity index (χ4n) is 2.82. The monoisotopic (exact) mass is 365 g/mol. The maximum atomic E-state index is 15.0. The molecule has 0 spiro atoms. The number of rotatable bonds is 3. The number of hydrogen-bond acceptors (Lipinski definition) is 3. The van der Waals surface area contributed by atoms with E-state index in [-0.39, 0.29) is 5.75 Å². The van der Waals surface area contributed by atoms with Crippen LogP contribution in [0.15, 0.2) is 48.3 Å². The largest absolute Gasteiger partial charge is 0.480 e. The molecule has 0 fully saturated rings. The molecule has 0 atom stereocenters. The molecule has 0 bridgehead atoms. The highest BCUT2D eigenvalue weighted by molar-refractivity contribution is 7.88. The SMILES string of the molecule is CC1(C)Oc2cc(CS(N)(=O)=O)ccc2C(c2ccc(F)cc2)=C1F. The van der Waals surface area contributed by atoms with Gasteiger partial charge in [0.25, 0.3) is 0 Å². The van der Waals surface area contributed by atoms with Crippen LogP contribution in [-0.2, 0) is 15.8 Å². The maximum Gasteiger partial charge on any atom is 0.213 e. The molecular weight excluding hydrogens is 348 g/mol. The molecule has 25 heavy (non-hydrogen) atoms. The van der Waals surface area contributed by atoms with E-state index in [4.69, 9.17) is 9.88 Å². The van der Waals surface area contributed by atoms with Gasteiger partial charge in [-0.15, -0.1) is 0 Å². The molecule has 1 aliphatic heterocycles. The van der Waals surface area contributed by atoms with E-state index in [1.165, 1.54) is 30.3 Å². The van der Waals surface area contributed by atoms with E-state index in [1.807, 2.05) is 0 Å². The first-order valence-corrected chi connectivity index (χ1v) is 9.27. The van der Waals surface area contributed by atoms with Crippen molar-refractivity contribution in [3.05, 3.63) is 70.8 Å². The van der Waals surface area contributed by atoms with Gasteiger partial charge >= 0.3 is 0 Å². The van der Waals surface area contributed by atoms with Crippen LogP contribution in [-0.4, -0.2) is 14.0 Å². The van der Waals surface area contributed by atoms with Crippen molar-refractivity contribution in [2.45, 2.75) is 25.2 Å². The highest BCUT2D eigenvalue weighted by atomic mass is 32.2. The van der Waals surface area contributed by atoms with Crippen LogP contribution in [0.3, 0.4) is 0 Å². The minimum absolute atomic E-state index is 0.299. The van der Waals surface area contributed by atoms with Crippen molar-refractivity contribution in [3.63, 3.8) is 0 Å². The molecule has 2 N–H and O–H groups in total. The van der Waals surface area contributed by atoms with Crippen molar-refractivity contribution >= 4 is 15.6 Å². The first kappa shape index (κ1) is 17.6. The van der Waals surface area contributed by atoms with E-state index in [1.54, 1.807) is 26.0 Å². The van der Waals surface area contributed by atoms with Crippen molar-refractivity contribution in [2.24, 2.45) is 5.14 Å². The standard InChI is InChI=1S/C18H17F2NO3S/c1-18(2)17(20)16(12-4-6-13(19)7-5-12)14-8-3-11(9-15(14)24-18)10-25(21,22)23/h3-9H,10H2,1-2H3,(H2,21,22,23). The third-order valence-electron chi connectivity index (χ3n) is 3.93. The molecule has 0 saturated heterocycles. The van der Waals surface area contributed by atoms with Gasteiger partial charge in [-0.2, -0.15) is 0 Å². The Morgan fingerprint density at radius 3 is 2.32 bits per heavy atom. The van der Waals surface area contributed by atoms with Crippen LogP contribution in [0.2, 0.25) is 0 Å². The van der Waals surface area contributed by atoms with Gasteiger partial charge < -0.3 is 4.74 Å². The summed E-state index contributed by atoms with van der Waals surface area (Å²) in [6.07, 6.45) is 0. The predicted octanol–water partition coefficient (Wildman–Crippen LogP) is 3.51. The van der Waals surface area contributed by atoms with Crippen LogP contribution in [0.1, 0.15) is 30.5 Å². The number of primary sulfonamides is 1. The van der Waals surface area contributed by atoms with Crippen molar-refractivity contribution in [2.75, 3.05) is 0 Å². The number of nitrogens with two attached hydrogens (primary N) is 1. The molecule has 0 amide bonds. The third-order valence-corrected chi connectivity index (χ3v) is 4.67. The number of halogens is 2. The Labute approximate surface area is 145 Å². The molecule has 2 aromatic rings. The molecule has 2 aromatic carbocycles. The second-order valence-electron chi connectivity index (χ2n) is 6.45. The summed E-state index contributed by atoms with van der Waals surface area (Å²) in [7, 11) is -3.70. The molecule has 7 heteroatoms. The lowest BCUT2D eigenvalue weighted by Crippen LogP contribution is -2.33.